The van der Waals surface area contributed by atoms with E-state index >= 15 is 0 Å². The van der Waals surface area contributed by atoms with Gasteiger partial charge in [0, 0.05) is 0 Å². The molecule has 0 unspecified atom stereocenters. The Balaban J connectivity index is 1.86. The van der Waals surface area contributed by atoms with Gasteiger partial charge in [0.05, 0.1) is 0 Å². The van der Waals surface area contributed by atoms with Crippen molar-refractivity contribution in [2.24, 2.45) is 0 Å². The first kappa shape index (κ1) is 41.3. The van der Waals surface area contributed by atoms with Crippen LogP contribution in [0.4, 0.5) is 0 Å². The Morgan fingerprint density at radius 1 is 0.422 bits per heavy atom. The van der Waals surface area contributed by atoms with E-state index in [9.17, 15) is 0 Å². The van der Waals surface area contributed by atoms with Gasteiger partial charge in [0.1, 0.15) is 0 Å². The second kappa shape index (κ2) is 27.0. The molecule has 2 aromatic heterocycles. The van der Waals surface area contributed by atoms with E-state index < -0.39 is 20.9 Å². The molecule has 0 saturated carbocycles. The Labute approximate surface area is 303 Å². The van der Waals surface area contributed by atoms with Gasteiger partial charge in [-0.05, 0) is 0 Å². The minimum absolute atomic E-state index is 0.733. The summed E-state index contributed by atoms with van der Waals surface area (Å²) in [6.45, 7) is 4.58. The molecule has 0 aliphatic rings. The van der Waals surface area contributed by atoms with Gasteiger partial charge in [-0.2, -0.15) is 0 Å². The first-order valence-electron chi connectivity index (χ1n) is 17.6. The van der Waals surface area contributed by atoms with Gasteiger partial charge >= 0.3 is 253 Å². The van der Waals surface area contributed by atoms with E-state index in [1.54, 1.807) is 28.4 Å². The van der Waals surface area contributed by atoms with E-state index in [4.69, 9.17) is 18.9 Å². The van der Waals surface area contributed by atoms with E-state index in [-0.39, 0.29) is 0 Å². The molecule has 9 heteroatoms. The minimum atomic E-state index is -0.733. The molecule has 0 aliphatic carbocycles. The predicted molar refractivity (Wildman–Crippen MR) is 205 cm³/mol. The van der Waals surface area contributed by atoms with Crippen molar-refractivity contribution < 1.29 is 18.9 Å². The molecular weight excluding hydrogens is 752 g/mol. The van der Waals surface area contributed by atoms with Crippen molar-refractivity contribution in [1.82, 2.24) is 0 Å². The van der Waals surface area contributed by atoms with Crippen LogP contribution in [0.25, 0.3) is 0 Å². The van der Waals surface area contributed by atoms with Gasteiger partial charge in [0.25, 0.3) is 0 Å². The van der Waals surface area contributed by atoms with Crippen LogP contribution in [-0.2, 0) is 0 Å². The third kappa shape index (κ3) is 15.9. The number of thiophene rings is 2. The zero-order valence-corrected chi connectivity index (χ0v) is 34.8. The first-order chi connectivity index (χ1) is 22.1. The Kier molecular flexibility index (Phi) is 24.7. The number of methoxy groups -OCH3 is 4. The van der Waals surface area contributed by atoms with Crippen LogP contribution in [0.5, 0.6) is 23.0 Å². The summed E-state index contributed by atoms with van der Waals surface area (Å²) in [5, 5.41) is 0. The van der Waals surface area contributed by atoms with Gasteiger partial charge in [-0.1, -0.05) is 52.4 Å². The molecule has 45 heavy (non-hydrogen) atoms. The van der Waals surface area contributed by atoms with E-state index in [2.05, 4.69) is 13.8 Å². The molecule has 0 N–H and O–H groups in total. The average molecular weight is 815 g/mol. The van der Waals surface area contributed by atoms with Crippen LogP contribution in [0, 0.1) is 0 Å². The Bertz CT molecular complexity index is 932. The Morgan fingerprint density at radius 3 is 1.00 bits per heavy atom. The van der Waals surface area contributed by atoms with Crippen LogP contribution >= 0.6 is 46.2 Å². The molecular formula is C36H62O4S4Te. The van der Waals surface area contributed by atoms with Gasteiger partial charge in [0.2, 0.25) is 0 Å². The van der Waals surface area contributed by atoms with Crippen LogP contribution in [-0.4, -0.2) is 60.9 Å². The van der Waals surface area contributed by atoms with Crippen LogP contribution < -0.4 is 24.8 Å². The number of ether oxygens (including phenoxy) is 4. The first-order valence-corrected chi connectivity index (χ1v) is 23.5. The zero-order chi connectivity index (χ0) is 32.5. The maximum absolute atomic E-state index is 5.94. The van der Waals surface area contributed by atoms with Gasteiger partial charge < -0.3 is 0 Å². The molecule has 0 atom stereocenters. The molecule has 4 nitrogen and oxygen atoms in total. The summed E-state index contributed by atoms with van der Waals surface area (Å²) in [5.74, 6) is 5.93. The molecule has 0 radical (unpaired) electrons. The van der Waals surface area contributed by atoms with E-state index in [0.717, 1.165) is 34.5 Å². The number of hydrogen-bond donors (Lipinski definition) is 0. The summed E-state index contributed by atoms with van der Waals surface area (Å²) in [5.41, 5.74) is 0. The van der Waals surface area contributed by atoms with Crippen LogP contribution in [0.2, 0.25) is 0 Å². The molecule has 0 aromatic carbocycles. The Morgan fingerprint density at radius 2 is 0.711 bits per heavy atom. The third-order valence-electron chi connectivity index (χ3n) is 7.99. The van der Waals surface area contributed by atoms with Gasteiger partial charge in [0.15, 0.2) is 0 Å². The Hall–Kier alpha value is 0.0896. The van der Waals surface area contributed by atoms with Crippen molar-refractivity contribution in [2.45, 2.75) is 151 Å². The van der Waals surface area contributed by atoms with Crippen molar-refractivity contribution in [3.63, 3.8) is 0 Å². The monoisotopic (exact) mass is 816 g/mol. The van der Waals surface area contributed by atoms with Crippen LogP contribution in [0.3, 0.4) is 0 Å². The molecule has 0 fully saturated rings. The van der Waals surface area contributed by atoms with Crippen molar-refractivity contribution in [2.75, 3.05) is 39.9 Å². The number of hydrogen-bond acceptors (Lipinski definition) is 8. The normalized spacial score (nSPS) is 11.3. The molecule has 0 spiro atoms. The molecule has 2 rings (SSSR count). The fourth-order valence-electron chi connectivity index (χ4n) is 5.35. The molecule has 0 aliphatic heterocycles. The van der Waals surface area contributed by atoms with Gasteiger partial charge in [-0.15, -0.1) is 0 Å². The second-order valence-electron chi connectivity index (χ2n) is 11.6. The van der Waals surface area contributed by atoms with Crippen LogP contribution in [0.1, 0.15) is 142 Å². The quantitative estimate of drug-likeness (QED) is 0.0444. The summed E-state index contributed by atoms with van der Waals surface area (Å²) >= 11 is 6.86. The average Bonchev–Trinajstić information content (AvgIpc) is 3.57. The van der Waals surface area contributed by atoms with Gasteiger partial charge in [-0.25, -0.2) is 0 Å². The van der Waals surface area contributed by atoms with E-state index in [1.807, 2.05) is 46.2 Å². The van der Waals surface area contributed by atoms with Crippen molar-refractivity contribution in [3.05, 3.63) is 0 Å². The fraction of sp³-hybridized carbons (Fsp3) is 0.778. The molecule has 0 amide bonds. The van der Waals surface area contributed by atoms with Crippen molar-refractivity contribution >= 4 is 73.0 Å². The molecule has 260 valence electrons. The van der Waals surface area contributed by atoms with Gasteiger partial charge in [-0.3, -0.25) is 0 Å². The summed E-state index contributed by atoms with van der Waals surface area (Å²) in [6.07, 6.45) is 27.4. The summed E-state index contributed by atoms with van der Waals surface area (Å²) < 4.78 is 28.8. The van der Waals surface area contributed by atoms with Crippen molar-refractivity contribution in [1.29, 1.82) is 0 Å². The predicted octanol–water partition coefficient (Wildman–Crippen LogP) is 11.5. The SMILES string of the molecule is CCCCCCCCCCCCSc1sc([Te]c2sc(SCCCCCCCCCCCC)c(OC)c2OC)c(OC)c1OC. The standard InChI is InChI=1S/C36H62O4S4Te/c1-7-9-11-13-15-17-19-21-23-25-27-41-33-29(37-3)31(39-5)35(43-33)45-36-32(40-6)30(38-4)34(44-36)42-28-26-24-22-20-18-16-14-12-10-8-2/h7-28H2,1-6H3. The molecule has 0 saturated heterocycles. The molecule has 2 aromatic rings. The maximum atomic E-state index is 5.94. The topological polar surface area (TPSA) is 36.9 Å². The summed E-state index contributed by atoms with van der Waals surface area (Å²) in [6, 6.07) is 0. The van der Waals surface area contributed by atoms with E-state index in [1.165, 1.54) is 143 Å². The zero-order valence-electron chi connectivity index (χ0n) is 29.2. The number of unbranched alkanes of at least 4 members (excludes halogenated alkanes) is 18. The summed E-state index contributed by atoms with van der Waals surface area (Å²) in [7, 11) is 7.10. The summed E-state index contributed by atoms with van der Waals surface area (Å²) in [4.78, 5) is 0. The molecule has 0 bridgehead atoms. The van der Waals surface area contributed by atoms with Crippen LogP contribution in [0.15, 0.2) is 8.42 Å². The third-order valence-corrected chi connectivity index (χ3v) is 17.2. The molecule has 2 heterocycles. The fourth-order valence-corrected chi connectivity index (χ4v) is 16.6. The number of rotatable bonds is 30. The number of thioether (sulfide) groups is 2. The van der Waals surface area contributed by atoms with E-state index in [0.29, 0.717) is 0 Å². The second-order valence-corrected chi connectivity index (χ2v) is 20.9. The van der Waals surface area contributed by atoms with Crippen molar-refractivity contribution in [3.8, 4) is 23.0 Å².